The van der Waals surface area contributed by atoms with Crippen LogP contribution < -0.4 is 0 Å². The number of carbonyl (C=O) groups excluding carboxylic acids is 1. The van der Waals surface area contributed by atoms with Crippen LogP contribution in [0.3, 0.4) is 0 Å². The molecule has 0 radical (unpaired) electrons. The third kappa shape index (κ3) is 6.68. The Kier molecular flexibility index (Phi) is 8.05. The summed E-state index contributed by atoms with van der Waals surface area (Å²) in [5.41, 5.74) is -0.354. The van der Waals surface area contributed by atoms with Crippen LogP contribution >= 0.6 is 0 Å². The molecule has 6 nitrogen and oxygen atoms in total. The first kappa shape index (κ1) is 24.6. The number of hydrogen-bond donors (Lipinski definition) is 2. The fourth-order valence-electron chi connectivity index (χ4n) is 3.35. The number of hydrogen-bond acceptors (Lipinski definition) is 3. The highest BCUT2D eigenvalue weighted by atomic mass is 19.3. The van der Waals surface area contributed by atoms with Gasteiger partial charge in [0, 0.05) is 38.5 Å². The molecule has 2 rings (SSSR count). The number of halogens is 4. The molecule has 10 heteroatoms. The zero-order valence-corrected chi connectivity index (χ0v) is 17.1. The number of rotatable bonds is 11. The predicted molar refractivity (Wildman–Crippen MR) is 105 cm³/mol. The van der Waals surface area contributed by atoms with Crippen LogP contribution in [0.5, 0.6) is 0 Å². The molecule has 1 saturated heterocycles. The lowest BCUT2D eigenvalue weighted by Gasteiger charge is -2.24. The van der Waals surface area contributed by atoms with Crippen molar-refractivity contribution in [3.63, 3.8) is 0 Å². The van der Waals surface area contributed by atoms with Crippen LogP contribution in [0.25, 0.3) is 0 Å². The topological polar surface area (TPSA) is 81.1 Å². The molecule has 0 aliphatic carbocycles. The summed E-state index contributed by atoms with van der Waals surface area (Å²) in [5, 5.41) is 18.5. The van der Waals surface area contributed by atoms with Crippen LogP contribution in [0.4, 0.5) is 22.4 Å². The van der Waals surface area contributed by atoms with Crippen molar-refractivity contribution in [1.82, 2.24) is 9.80 Å². The van der Waals surface area contributed by atoms with Crippen molar-refractivity contribution in [1.29, 1.82) is 0 Å². The molecule has 1 fully saturated rings. The monoisotopic (exact) mass is 446 g/mol. The summed E-state index contributed by atoms with van der Waals surface area (Å²) in [5.74, 6) is -8.03. The van der Waals surface area contributed by atoms with E-state index < -0.39 is 55.3 Å². The van der Waals surface area contributed by atoms with Crippen molar-refractivity contribution in [2.24, 2.45) is 0 Å². The molecule has 0 saturated carbocycles. The van der Waals surface area contributed by atoms with E-state index in [4.69, 9.17) is 5.11 Å². The lowest BCUT2D eigenvalue weighted by Crippen LogP contribution is -2.36. The molecule has 2 N–H and O–H groups in total. The fourth-order valence-corrected chi connectivity index (χ4v) is 3.35. The highest BCUT2D eigenvalue weighted by Gasteiger charge is 2.40. The molecule has 0 spiro atoms. The largest absolute Gasteiger partial charge is 0.481 e. The second-order valence-corrected chi connectivity index (χ2v) is 7.60. The molecule has 1 aliphatic rings. The van der Waals surface area contributed by atoms with E-state index in [-0.39, 0.29) is 25.1 Å². The van der Waals surface area contributed by atoms with Gasteiger partial charge in [-0.2, -0.15) is 8.78 Å². The van der Waals surface area contributed by atoms with Gasteiger partial charge in [0.1, 0.15) is 6.10 Å². The highest BCUT2D eigenvalue weighted by Crippen LogP contribution is 2.33. The Bertz CT molecular complexity index is 789. The number of alkyl halides is 4. The third-order valence-corrected chi connectivity index (χ3v) is 5.13. The summed E-state index contributed by atoms with van der Waals surface area (Å²) in [6.45, 7) is 0.111. The Hall–Kier alpha value is -2.62. The minimum absolute atomic E-state index is 0.0496. The van der Waals surface area contributed by atoms with Crippen LogP contribution in [0.2, 0.25) is 0 Å². The van der Waals surface area contributed by atoms with E-state index in [1.165, 1.54) is 47.2 Å². The molecule has 31 heavy (non-hydrogen) atoms. The molecule has 1 aromatic rings. The van der Waals surface area contributed by atoms with Gasteiger partial charge < -0.3 is 20.0 Å². The quantitative estimate of drug-likeness (QED) is 0.401. The number of carbonyl (C=O) groups is 2. The number of likely N-dealkylation sites (N-methyl/N-ethyl adjacent to an activating group) is 1. The van der Waals surface area contributed by atoms with Crippen LogP contribution in [-0.4, -0.2) is 70.2 Å². The normalized spacial score (nSPS) is 18.8. The van der Waals surface area contributed by atoms with Gasteiger partial charge in [-0.1, -0.05) is 42.5 Å². The summed E-state index contributed by atoms with van der Waals surface area (Å²) >= 11 is 0. The lowest BCUT2D eigenvalue weighted by atomic mass is 10.0. The van der Waals surface area contributed by atoms with Crippen molar-refractivity contribution in [2.45, 2.75) is 49.7 Å². The number of benzene rings is 1. The predicted octanol–water partition coefficient (Wildman–Crippen LogP) is 3.71. The molecule has 1 aliphatic heterocycles. The van der Waals surface area contributed by atoms with Gasteiger partial charge in [-0.05, 0) is 6.42 Å². The first-order valence-electron chi connectivity index (χ1n) is 9.85. The number of nitrogens with zero attached hydrogens (tertiary/aromatic N) is 2. The van der Waals surface area contributed by atoms with Crippen molar-refractivity contribution >= 4 is 12.0 Å². The van der Waals surface area contributed by atoms with E-state index >= 15 is 0 Å². The van der Waals surface area contributed by atoms with Gasteiger partial charge in [0.05, 0.1) is 12.5 Å². The number of carboxylic acid groups (broad SMARTS) is 1. The fraction of sp³-hybridized carbons (Fsp3) is 0.524. The van der Waals surface area contributed by atoms with E-state index in [1.807, 2.05) is 0 Å². The molecule has 2 unspecified atom stereocenters. The van der Waals surface area contributed by atoms with Crippen molar-refractivity contribution in [3.8, 4) is 0 Å². The smallest absolute Gasteiger partial charge is 0.320 e. The minimum Gasteiger partial charge on any atom is -0.481 e. The van der Waals surface area contributed by atoms with Gasteiger partial charge in [0.2, 0.25) is 5.92 Å². The minimum atomic E-state index is -3.54. The number of aliphatic carboxylic acids is 1. The molecular weight excluding hydrogens is 420 g/mol. The van der Waals surface area contributed by atoms with Crippen molar-refractivity contribution < 1.29 is 37.4 Å². The summed E-state index contributed by atoms with van der Waals surface area (Å²) in [4.78, 5) is 25.4. The molecule has 172 valence electrons. The number of aliphatic hydroxyl groups excluding tert-OH is 1. The van der Waals surface area contributed by atoms with Gasteiger partial charge in [0.15, 0.2) is 0 Å². The summed E-state index contributed by atoms with van der Waals surface area (Å²) < 4.78 is 56.4. The Labute approximate surface area is 177 Å². The SMILES string of the molecule is CN1CC(C=CC(O)C(F)(F)c2ccccc2)N(CCCC(F)(F)CCC(=O)O)C1=O. The van der Waals surface area contributed by atoms with Gasteiger partial charge in [-0.25, -0.2) is 13.6 Å². The standard InChI is InChI=1S/C21H26F4N2O4/c1-26-14-16(8-9-17(28)21(24,25)15-6-3-2-4-7-15)27(19(26)31)13-5-11-20(22,23)12-10-18(29)30/h2-4,6-9,16-17,28H,5,10-14H2,1H3,(H,29,30). The Morgan fingerprint density at radius 2 is 1.87 bits per heavy atom. The molecule has 0 bridgehead atoms. The average Bonchev–Trinajstić information content (AvgIpc) is 2.98. The zero-order chi connectivity index (χ0) is 23.2. The van der Waals surface area contributed by atoms with E-state index in [0.29, 0.717) is 0 Å². The Morgan fingerprint density at radius 3 is 2.48 bits per heavy atom. The number of urea groups is 1. The molecular formula is C21H26F4N2O4. The first-order valence-corrected chi connectivity index (χ1v) is 9.85. The average molecular weight is 446 g/mol. The van der Waals surface area contributed by atoms with Crippen LogP contribution in [-0.2, 0) is 10.7 Å². The second-order valence-electron chi connectivity index (χ2n) is 7.60. The van der Waals surface area contributed by atoms with E-state index in [2.05, 4.69) is 0 Å². The maximum Gasteiger partial charge on any atom is 0.320 e. The first-order chi connectivity index (χ1) is 14.4. The zero-order valence-electron chi connectivity index (χ0n) is 17.1. The van der Waals surface area contributed by atoms with Gasteiger partial charge >= 0.3 is 17.9 Å². The van der Waals surface area contributed by atoms with Crippen LogP contribution in [0.1, 0.15) is 31.2 Å². The highest BCUT2D eigenvalue weighted by molar-refractivity contribution is 5.77. The third-order valence-electron chi connectivity index (χ3n) is 5.13. The molecule has 2 atom stereocenters. The van der Waals surface area contributed by atoms with Gasteiger partial charge in [-0.3, -0.25) is 4.79 Å². The molecule has 1 aromatic carbocycles. The van der Waals surface area contributed by atoms with E-state index in [9.17, 15) is 32.3 Å². The summed E-state index contributed by atoms with van der Waals surface area (Å²) in [6, 6.07) is 5.72. The Balaban J connectivity index is 1.99. The van der Waals surface area contributed by atoms with Gasteiger partial charge in [0.25, 0.3) is 0 Å². The van der Waals surface area contributed by atoms with Crippen LogP contribution in [0.15, 0.2) is 42.5 Å². The van der Waals surface area contributed by atoms with Crippen molar-refractivity contribution in [3.05, 3.63) is 48.0 Å². The van der Waals surface area contributed by atoms with E-state index in [1.54, 1.807) is 6.07 Å². The maximum absolute atomic E-state index is 14.4. The molecule has 0 aromatic heterocycles. The Morgan fingerprint density at radius 1 is 1.23 bits per heavy atom. The van der Waals surface area contributed by atoms with Crippen LogP contribution in [0, 0.1) is 0 Å². The molecule has 1 heterocycles. The lowest BCUT2D eigenvalue weighted by molar-refractivity contribution is -0.139. The second kappa shape index (κ2) is 10.1. The number of carboxylic acids is 1. The number of amides is 2. The maximum atomic E-state index is 14.4. The van der Waals surface area contributed by atoms with E-state index in [0.717, 1.165) is 6.08 Å². The summed E-state index contributed by atoms with van der Waals surface area (Å²) in [6.07, 6.45) is -2.06. The molecule has 2 amide bonds. The number of aliphatic hydroxyl groups is 1. The van der Waals surface area contributed by atoms with Gasteiger partial charge in [-0.15, -0.1) is 0 Å². The van der Waals surface area contributed by atoms with Crippen molar-refractivity contribution in [2.75, 3.05) is 20.1 Å². The summed E-state index contributed by atoms with van der Waals surface area (Å²) in [7, 11) is 1.50.